The van der Waals surface area contributed by atoms with Crippen LogP contribution in [0.3, 0.4) is 0 Å². The molecule has 32 heavy (non-hydrogen) atoms. The maximum atomic E-state index is 13.9. The quantitative estimate of drug-likeness (QED) is 0.636. The van der Waals surface area contributed by atoms with Gasteiger partial charge in [-0.15, -0.1) is 0 Å². The maximum absolute atomic E-state index is 13.9. The summed E-state index contributed by atoms with van der Waals surface area (Å²) in [5.41, 5.74) is 1.51. The van der Waals surface area contributed by atoms with Gasteiger partial charge < -0.3 is 15.5 Å². The van der Waals surface area contributed by atoms with E-state index in [1.54, 1.807) is 11.1 Å². The minimum absolute atomic E-state index is 0.101. The Balaban J connectivity index is 1.31. The summed E-state index contributed by atoms with van der Waals surface area (Å²) in [6.45, 7) is 1.10. The first-order valence-corrected chi connectivity index (χ1v) is 10.4. The highest BCUT2D eigenvalue weighted by Crippen LogP contribution is 2.19. The number of para-hydroxylation sites is 1. The van der Waals surface area contributed by atoms with Gasteiger partial charge in [0.2, 0.25) is 5.91 Å². The van der Waals surface area contributed by atoms with E-state index in [-0.39, 0.29) is 30.1 Å². The monoisotopic (exact) mass is 439 g/mol. The van der Waals surface area contributed by atoms with E-state index in [0.717, 1.165) is 30.7 Å². The number of carbonyl (C=O) groups excluding carboxylic acids is 2. The zero-order chi connectivity index (χ0) is 22.5. The molecule has 2 N–H and O–H groups in total. The van der Waals surface area contributed by atoms with E-state index in [1.165, 1.54) is 16.9 Å². The lowest BCUT2D eigenvalue weighted by molar-refractivity contribution is -0.121. The van der Waals surface area contributed by atoms with Gasteiger partial charge in [-0.25, -0.2) is 18.3 Å². The van der Waals surface area contributed by atoms with Crippen LogP contribution in [0, 0.1) is 17.6 Å². The van der Waals surface area contributed by atoms with Crippen molar-refractivity contribution >= 4 is 17.6 Å². The van der Waals surface area contributed by atoms with Crippen molar-refractivity contribution in [2.24, 2.45) is 5.92 Å². The zero-order valence-corrected chi connectivity index (χ0v) is 17.3. The first-order valence-electron chi connectivity index (χ1n) is 10.4. The Labute approximate surface area is 184 Å². The van der Waals surface area contributed by atoms with Crippen LogP contribution in [0.1, 0.15) is 18.4 Å². The summed E-state index contributed by atoms with van der Waals surface area (Å²) in [5, 5.41) is 9.79. The molecule has 7 nitrogen and oxygen atoms in total. The number of anilines is 1. The minimum atomic E-state index is -0.725. The van der Waals surface area contributed by atoms with Crippen molar-refractivity contribution in [3.63, 3.8) is 0 Å². The zero-order valence-electron chi connectivity index (χ0n) is 17.3. The molecular formula is C23H23F2N5O2. The third-order valence-electron chi connectivity index (χ3n) is 5.36. The van der Waals surface area contributed by atoms with E-state index in [4.69, 9.17) is 0 Å². The SMILES string of the molecule is O=C(Nc1ccccc1)C1CCCN(C(=O)NCc2cnn(-c3ccc(F)cc3F)c2)C1. The number of rotatable bonds is 5. The molecule has 9 heteroatoms. The van der Waals surface area contributed by atoms with Crippen molar-refractivity contribution in [1.82, 2.24) is 20.0 Å². The third kappa shape index (κ3) is 5.11. The van der Waals surface area contributed by atoms with E-state index in [1.807, 2.05) is 30.3 Å². The lowest BCUT2D eigenvalue weighted by Crippen LogP contribution is -2.47. The molecule has 0 aliphatic carbocycles. The number of halogens is 2. The van der Waals surface area contributed by atoms with Crippen molar-refractivity contribution < 1.29 is 18.4 Å². The Morgan fingerprint density at radius 1 is 1.12 bits per heavy atom. The van der Waals surface area contributed by atoms with E-state index >= 15 is 0 Å². The molecule has 0 spiro atoms. The summed E-state index contributed by atoms with van der Waals surface area (Å²) in [6, 6.07) is 12.2. The molecule has 1 aromatic heterocycles. The molecule has 2 aromatic carbocycles. The molecule has 1 saturated heterocycles. The van der Waals surface area contributed by atoms with Gasteiger partial charge in [0, 0.05) is 43.1 Å². The highest BCUT2D eigenvalue weighted by molar-refractivity contribution is 5.93. The standard InChI is InChI=1S/C23H23F2N5O2/c24-18-8-9-21(20(25)11-18)30-14-16(13-27-30)12-26-23(32)29-10-4-5-17(15-29)22(31)28-19-6-2-1-3-7-19/h1-3,6-9,11,13-14,17H,4-5,10,12,15H2,(H,26,32)(H,28,31). The Kier molecular flexibility index (Phi) is 6.44. The average molecular weight is 439 g/mol. The molecule has 1 fully saturated rings. The number of likely N-dealkylation sites (tertiary alicyclic amines) is 1. The number of aromatic nitrogens is 2. The van der Waals surface area contributed by atoms with Crippen LogP contribution in [0.15, 0.2) is 60.9 Å². The lowest BCUT2D eigenvalue weighted by atomic mass is 9.97. The number of hydrogen-bond donors (Lipinski definition) is 2. The first kappa shape index (κ1) is 21.5. The van der Waals surface area contributed by atoms with Gasteiger partial charge in [-0.05, 0) is 37.1 Å². The second-order valence-corrected chi connectivity index (χ2v) is 7.69. The van der Waals surface area contributed by atoms with Gasteiger partial charge in [0.15, 0.2) is 5.82 Å². The van der Waals surface area contributed by atoms with E-state index < -0.39 is 11.6 Å². The molecule has 1 aliphatic heterocycles. The van der Waals surface area contributed by atoms with Gasteiger partial charge >= 0.3 is 6.03 Å². The highest BCUT2D eigenvalue weighted by atomic mass is 19.1. The fourth-order valence-electron chi connectivity index (χ4n) is 3.68. The number of carbonyl (C=O) groups is 2. The van der Waals surface area contributed by atoms with Crippen LogP contribution >= 0.6 is 0 Å². The molecule has 3 aromatic rings. The van der Waals surface area contributed by atoms with Crippen LogP contribution in [-0.2, 0) is 11.3 Å². The summed E-state index contributed by atoms with van der Waals surface area (Å²) < 4.78 is 28.3. The Bertz CT molecular complexity index is 1100. The molecular weight excluding hydrogens is 416 g/mol. The molecule has 1 atom stereocenters. The third-order valence-corrected chi connectivity index (χ3v) is 5.36. The van der Waals surface area contributed by atoms with Crippen LogP contribution in [-0.4, -0.2) is 39.7 Å². The summed E-state index contributed by atoms with van der Waals surface area (Å²) in [6.07, 6.45) is 4.54. The van der Waals surface area contributed by atoms with Crippen molar-refractivity contribution in [2.45, 2.75) is 19.4 Å². The Morgan fingerprint density at radius 2 is 1.94 bits per heavy atom. The van der Waals surface area contributed by atoms with Crippen LogP contribution in [0.2, 0.25) is 0 Å². The molecule has 1 unspecified atom stereocenters. The van der Waals surface area contributed by atoms with Gasteiger partial charge in [-0.2, -0.15) is 5.10 Å². The average Bonchev–Trinajstić information content (AvgIpc) is 3.27. The predicted molar refractivity (Wildman–Crippen MR) is 115 cm³/mol. The van der Waals surface area contributed by atoms with Crippen molar-refractivity contribution in [2.75, 3.05) is 18.4 Å². The summed E-state index contributed by atoms with van der Waals surface area (Å²) >= 11 is 0. The van der Waals surface area contributed by atoms with E-state index in [2.05, 4.69) is 15.7 Å². The van der Waals surface area contributed by atoms with Crippen molar-refractivity contribution in [3.05, 3.63) is 78.1 Å². The second-order valence-electron chi connectivity index (χ2n) is 7.69. The van der Waals surface area contributed by atoms with E-state index in [0.29, 0.717) is 18.7 Å². The molecule has 0 radical (unpaired) electrons. The fourth-order valence-corrected chi connectivity index (χ4v) is 3.68. The lowest BCUT2D eigenvalue weighted by Gasteiger charge is -2.32. The Hall–Kier alpha value is -3.75. The largest absolute Gasteiger partial charge is 0.334 e. The Morgan fingerprint density at radius 3 is 2.72 bits per heavy atom. The number of hydrogen-bond acceptors (Lipinski definition) is 3. The molecule has 3 amide bonds. The van der Waals surface area contributed by atoms with E-state index in [9.17, 15) is 18.4 Å². The number of benzene rings is 2. The van der Waals surface area contributed by atoms with Crippen LogP contribution < -0.4 is 10.6 Å². The summed E-state index contributed by atoms with van der Waals surface area (Å²) in [7, 11) is 0. The fraction of sp³-hybridized carbons (Fsp3) is 0.261. The molecule has 4 rings (SSSR count). The van der Waals surface area contributed by atoms with Gasteiger partial charge in [0.1, 0.15) is 11.5 Å². The second kappa shape index (κ2) is 9.59. The van der Waals surface area contributed by atoms with Crippen molar-refractivity contribution in [1.29, 1.82) is 0 Å². The van der Waals surface area contributed by atoms with Gasteiger partial charge in [-0.3, -0.25) is 4.79 Å². The predicted octanol–water partition coefficient (Wildman–Crippen LogP) is 3.71. The number of urea groups is 1. The number of amides is 3. The molecule has 1 aliphatic rings. The minimum Gasteiger partial charge on any atom is -0.334 e. The van der Waals surface area contributed by atoms with Crippen LogP contribution in [0.4, 0.5) is 19.3 Å². The van der Waals surface area contributed by atoms with Crippen molar-refractivity contribution in [3.8, 4) is 5.69 Å². The number of nitrogens with one attached hydrogen (secondary N) is 2. The summed E-state index contributed by atoms with van der Waals surface area (Å²) in [4.78, 5) is 26.8. The van der Waals surface area contributed by atoms with Crippen LogP contribution in [0.25, 0.3) is 5.69 Å². The highest BCUT2D eigenvalue weighted by Gasteiger charge is 2.28. The summed E-state index contributed by atoms with van der Waals surface area (Å²) in [5.74, 6) is -1.77. The smallest absolute Gasteiger partial charge is 0.317 e. The molecule has 166 valence electrons. The first-order chi connectivity index (χ1) is 15.5. The van der Waals surface area contributed by atoms with Crippen LogP contribution in [0.5, 0.6) is 0 Å². The molecule has 2 heterocycles. The number of piperidine rings is 1. The molecule has 0 saturated carbocycles. The topological polar surface area (TPSA) is 79.3 Å². The molecule has 0 bridgehead atoms. The van der Waals surface area contributed by atoms with Gasteiger partial charge in [0.05, 0.1) is 12.1 Å². The number of nitrogens with zero attached hydrogens (tertiary/aromatic N) is 3. The normalized spacial score (nSPS) is 15.9. The van der Waals surface area contributed by atoms with Gasteiger partial charge in [0.25, 0.3) is 0 Å². The van der Waals surface area contributed by atoms with Gasteiger partial charge in [-0.1, -0.05) is 18.2 Å². The maximum Gasteiger partial charge on any atom is 0.317 e.